The van der Waals surface area contributed by atoms with Crippen LogP contribution in [0.15, 0.2) is 48.5 Å². The quantitative estimate of drug-likeness (QED) is 0.746. The van der Waals surface area contributed by atoms with Crippen molar-refractivity contribution < 1.29 is 9.69 Å². The lowest BCUT2D eigenvalue weighted by Gasteiger charge is -2.28. The van der Waals surface area contributed by atoms with Crippen molar-refractivity contribution >= 4 is 33.1 Å². The number of nitrogens with zero attached hydrogens (tertiary/aromatic N) is 1. The Bertz CT molecular complexity index is 887. The van der Waals surface area contributed by atoms with Gasteiger partial charge in [-0.15, -0.1) is 11.3 Å². The highest BCUT2D eigenvalue weighted by atomic mass is 32.1. The van der Waals surface area contributed by atoms with Gasteiger partial charge in [0, 0.05) is 5.69 Å². The monoisotopic (exact) mass is 366 g/mol. The lowest BCUT2D eigenvalue weighted by atomic mass is 9.99. The highest BCUT2D eigenvalue weighted by molar-refractivity contribution is 7.18. The van der Waals surface area contributed by atoms with Crippen LogP contribution in [-0.2, 0) is 4.79 Å². The normalized spacial score (nSPS) is 20.2. The largest absolute Gasteiger partial charge is 0.327 e. The minimum atomic E-state index is 0.0931. The van der Waals surface area contributed by atoms with Crippen LogP contribution in [0.3, 0.4) is 0 Å². The van der Waals surface area contributed by atoms with Gasteiger partial charge in [0.1, 0.15) is 5.01 Å². The molecule has 134 valence electrons. The van der Waals surface area contributed by atoms with E-state index in [1.54, 1.807) is 11.3 Å². The van der Waals surface area contributed by atoms with Crippen molar-refractivity contribution in [2.24, 2.45) is 0 Å². The number of carbonyl (C=O) groups excluding carboxylic acids is 1. The number of benzene rings is 2. The van der Waals surface area contributed by atoms with Crippen LogP contribution in [0.2, 0.25) is 0 Å². The highest BCUT2D eigenvalue weighted by Gasteiger charge is 2.28. The lowest BCUT2D eigenvalue weighted by Crippen LogP contribution is -3.14. The third-order valence-electron chi connectivity index (χ3n) is 4.99. The van der Waals surface area contributed by atoms with Crippen LogP contribution in [0.1, 0.15) is 29.3 Å². The molecule has 5 heteroatoms. The molecule has 26 heavy (non-hydrogen) atoms. The zero-order chi connectivity index (χ0) is 17.9. The van der Waals surface area contributed by atoms with E-state index >= 15 is 0 Å². The number of quaternary nitrogens is 1. The number of carbonyl (C=O) groups is 1. The summed E-state index contributed by atoms with van der Waals surface area (Å²) >= 11 is 1.80. The van der Waals surface area contributed by atoms with E-state index in [4.69, 9.17) is 4.98 Å². The average molecular weight is 367 g/mol. The summed E-state index contributed by atoms with van der Waals surface area (Å²) in [5, 5.41) is 4.26. The standard InChI is InChI=1S/C21H23N3OS/c1-15-6-4-8-17(12-15)22-20(25)14-24-11-5-7-16(13-24)21-23-18-9-2-3-10-19(18)26-21/h2-4,6,8-10,12,16H,5,7,11,13-14H2,1H3,(H,22,25)/p+1/t16-/m0/s1. The smallest absolute Gasteiger partial charge is 0.279 e. The molecule has 0 radical (unpaired) electrons. The van der Waals surface area contributed by atoms with Crippen molar-refractivity contribution in [2.75, 3.05) is 25.0 Å². The molecular formula is C21H24N3OS+. The van der Waals surface area contributed by atoms with E-state index in [1.165, 1.54) is 21.0 Å². The van der Waals surface area contributed by atoms with Gasteiger partial charge in [0.15, 0.2) is 6.54 Å². The molecule has 2 atom stereocenters. The molecule has 1 saturated heterocycles. The number of thiazole rings is 1. The average Bonchev–Trinajstić information content (AvgIpc) is 3.06. The first-order chi connectivity index (χ1) is 12.7. The Balaban J connectivity index is 1.39. The molecule has 3 aromatic rings. The first-order valence-electron chi connectivity index (χ1n) is 9.23. The molecule has 1 aromatic heterocycles. The number of rotatable bonds is 4. The summed E-state index contributed by atoms with van der Waals surface area (Å²) < 4.78 is 1.26. The van der Waals surface area contributed by atoms with Gasteiger partial charge in [-0.1, -0.05) is 24.3 Å². The maximum atomic E-state index is 12.4. The molecular weight excluding hydrogens is 342 g/mol. The lowest BCUT2D eigenvalue weighted by molar-refractivity contribution is -0.898. The maximum Gasteiger partial charge on any atom is 0.279 e. The van der Waals surface area contributed by atoms with Gasteiger partial charge < -0.3 is 10.2 Å². The second kappa shape index (κ2) is 7.56. The Morgan fingerprint density at radius 1 is 1.27 bits per heavy atom. The number of fused-ring (bicyclic) bond motifs is 1. The van der Waals surface area contributed by atoms with E-state index in [0.717, 1.165) is 36.3 Å². The Hall–Kier alpha value is -2.24. The fourth-order valence-corrected chi connectivity index (χ4v) is 4.84. The summed E-state index contributed by atoms with van der Waals surface area (Å²) in [6.45, 7) is 4.60. The number of hydrogen-bond donors (Lipinski definition) is 2. The molecule has 2 heterocycles. The summed E-state index contributed by atoms with van der Waals surface area (Å²) in [4.78, 5) is 18.6. The summed E-state index contributed by atoms with van der Waals surface area (Å²) in [6, 6.07) is 16.3. The molecule has 1 aliphatic rings. The van der Waals surface area contributed by atoms with Crippen LogP contribution in [0.5, 0.6) is 0 Å². The van der Waals surface area contributed by atoms with Crippen LogP contribution in [0, 0.1) is 6.92 Å². The van der Waals surface area contributed by atoms with Crippen LogP contribution in [0.4, 0.5) is 5.69 Å². The van der Waals surface area contributed by atoms with Gasteiger partial charge in [-0.25, -0.2) is 4.98 Å². The van der Waals surface area contributed by atoms with Crippen LogP contribution in [-0.4, -0.2) is 30.5 Å². The van der Waals surface area contributed by atoms with Crippen molar-refractivity contribution in [3.8, 4) is 0 Å². The molecule has 2 N–H and O–H groups in total. The Labute approximate surface area is 157 Å². The van der Waals surface area contributed by atoms with Crippen molar-refractivity contribution in [1.82, 2.24) is 4.98 Å². The molecule has 0 spiro atoms. The van der Waals surface area contributed by atoms with Gasteiger partial charge in [-0.2, -0.15) is 0 Å². The van der Waals surface area contributed by atoms with Crippen LogP contribution in [0.25, 0.3) is 10.2 Å². The molecule has 0 saturated carbocycles. The predicted octanol–water partition coefficient (Wildman–Crippen LogP) is 3.01. The summed E-state index contributed by atoms with van der Waals surface area (Å²) in [6.07, 6.45) is 2.32. The molecule has 0 bridgehead atoms. The van der Waals surface area contributed by atoms with Crippen molar-refractivity contribution in [2.45, 2.75) is 25.7 Å². The maximum absolute atomic E-state index is 12.4. The third kappa shape index (κ3) is 3.94. The SMILES string of the molecule is Cc1cccc(NC(=O)C[NH+]2CCC[C@H](c3nc4ccccc4s3)C2)c1. The minimum Gasteiger partial charge on any atom is -0.327 e. The third-order valence-corrected chi connectivity index (χ3v) is 6.19. The van der Waals surface area contributed by atoms with E-state index in [1.807, 2.05) is 37.3 Å². The Morgan fingerprint density at radius 3 is 3.00 bits per heavy atom. The second-order valence-electron chi connectivity index (χ2n) is 7.16. The fraction of sp³-hybridized carbons (Fsp3) is 0.333. The first-order valence-corrected chi connectivity index (χ1v) is 10.0. The van der Waals surface area contributed by atoms with E-state index in [9.17, 15) is 4.79 Å². The van der Waals surface area contributed by atoms with Gasteiger partial charge in [0.05, 0.1) is 29.2 Å². The zero-order valence-corrected chi connectivity index (χ0v) is 15.8. The number of aryl methyl sites for hydroxylation is 1. The van der Waals surface area contributed by atoms with E-state index in [0.29, 0.717) is 12.5 Å². The molecule has 0 aliphatic carbocycles. The number of nitrogens with one attached hydrogen (secondary N) is 2. The zero-order valence-electron chi connectivity index (χ0n) is 15.0. The van der Waals surface area contributed by atoms with Crippen molar-refractivity contribution in [1.29, 1.82) is 0 Å². The topological polar surface area (TPSA) is 46.4 Å². The van der Waals surface area contributed by atoms with Gasteiger partial charge in [-0.05, 0) is 49.6 Å². The fourth-order valence-electron chi connectivity index (χ4n) is 3.74. The Morgan fingerprint density at radius 2 is 2.15 bits per heavy atom. The first kappa shape index (κ1) is 17.2. The molecule has 4 rings (SSSR count). The van der Waals surface area contributed by atoms with E-state index in [-0.39, 0.29) is 5.91 Å². The van der Waals surface area contributed by atoms with Gasteiger partial charge in [-0.3, -0.25) is 4.79 Å². The second-order valence-corrected chi connectivity index (χ2v) is 8.22. The molecule has 1 unspecified atom stereocenters. The molecule has 1 fully saturated rings. The summed E-state index contributed by atoms with van der Waals surface area (Å²) in [5.74, 6) is 0.554. The van der Waals surface area contributed by atoms with Gasteiger partial charge >= 0.3 is 0 Å². The van der Waals surface area contributed by atoms with E-state index < -0.39 is 0 Å². The number of hydrogen-bond acceptors (Lipinski definition) is 3. The number of para-hydroxylation sites is 1. The number of anilines is 1. The Kier molecular flexibility index (Phi) is 5.00. The van der Waals surface area contributed by atoms with Crippen molar-refractivity contribution in [3.63, 3.8) is 0 Å². The van der Waals surface area contributed by atoms with E-state index in [2.05, 4.69) is 23.5 Å². The molecule has 4 nitrogen and oxygen atoms in total. The summed E-state index contributed by atoms with van der Waals surface area (Å²) in [7, 11) is 0. The van der Waals surface area contributed by atoms with Gasteiger partial charge in [0.2, 0.25) is 0 Å². The number of likely N-dealkylation sites (tertiary alicyclic amines) is 1. The number of amides is 1. The predicted molar refractivity (Wildman–Crippen MR) is 107 cm³/mol. The van der Waals surface area contributed by atoms with Crippen LogP contribution < -0.4 is 10.2 Å². The minimum absolute atomic E-state index is 0.0931. The molecule has 1 aliphatic heterocycles. The number of aromatic nitrogens is 1. The van der Waals surface area contributed by atoms with Gasteiger partial charge in [0.25, 0.3) is 5.91 Å². The van der Waals surface area contributed by atoms with Crippen LogP contribution >= 0.6 is 11.3 Å². The summed E-state index contributed by atoms with van der Waals surface area (Å²) in [5.41, 5.74) is 3.13. The number of piperidine rings is 1. The molecule has 1 amide bonds. The highest BCUT2D eigenvalue weighted by Crippen LogP contribution is 2.30. The van der Waals surface area contributed by atoms with Crippen molar-refractivity contribution in [3.05, 3.63) is 59.1 Å². The molecule has 2 aromatic carbocycles.